The van der Waals surface area contributed by atoms with Gasteiger partial charge in [0.25, 0.3) is 5.91 Å². The van der Waals surface area contributed by atoms with Crippen LogP contribution < -0.4 is 11.1 Å². The van der Waals surface area contributed by atoms with Gasteiger partial charge in [0.15, 0.2) is 11.5 Å². The van der Waals surface area contributed by atoms with Gasteiger partial charge >= 0.3 is 0 Å². The summed E-state index contributed by atoms with van der Waals surface area (Å²) in [5.41, 5.74) is 7.49. The summed E-state index contributed by atoms with van der Waals surface area (Å²) < 4.78 is 5.42. The van der Waals surface area contributed by atoms with E-state index < -0.39 is 5.91 Å². The normalized spacial score (nSPS) is 16.0. The molecule has 2 heterocycles. The van der Waals surface area contributed by atoms with Gasteiger partial charge in [-0.3, -0.25) is 4.79 Å². The van der Waals surface area contributed by atoms with Crippen molar-refractivity contribution in [3.05, 3.63) is 41.6 Å². The molecule has 0 bridgehead atoms. The number of benzene rings is 1. The predicted molar refractivity (Wildman–Crippen MR) is 79.8 cm³/mol. The summed E-state index contributed by atoms with van der Waals surface area (Å²) in [5.74, 6) is 0.680. The summed E-state index contributed by atoms with van der Waals surface area (Å²) >= 11 is 0. The lowest BCUT2D eigenvalue weighted by atomic mass is 9.89. The molecule has 1 aromatic heterocycles. The highest BCUT2D eigenvalue weighted by Crippen LogP contribution is 2.30. The number of nitrogens with two attached hydrogens (primary N) is 1. The molecule has 0 saturated carbocycles. The van der Waals surface area contributed by atoms with Crippen molar-refractivity contribution in [2.24, 2.45) is 11.7 Å². The van der Waals surface area contributed by atoms with Gasteiger partial charge in [-0.1, -0.05) is 35.5 Å². The summed E-state index contributed by atoms with van der Waals surface area (Å²) in [7, 11) is 0. The number of carbonyl (C=O) groups is 1. The highest BCUT2D eigenvalue weighted by molar-refractivity contribution is 5.93. The second kappa shape index (κ2) is 6.10. The van der Waals surface area contributed by atoms with E-state index in [2.05, 4.69) is 10.5 Å². The van der Waals surface area contributed by atoms with Gasteiger partial charge in [-0.05, 0) is 38.3 Å². The SMILES string of the molecule is NC(=O)c1noc(-c2ccccc2)c1CC1CCNCC1. The standard InChI is InChI=1S/C16H19N3O2/c17-16(20)14-13(10-11-6-8-18-9-7-11)15(21-19-14)12-4-2-1-3-5-12/h1-5,11,18H,6-10H2,(H2,17,20). The maximum absolute atomic E-state index is 11.6. The fraction of sp³-hybridized carbons (Fsp3) is 0.375. The van der Waals surface area contributed by atoms with E-state index in [9.17, 15) is 4.79 Å². The van der Waals surface area contributed by atoms with Gasteiger partial charge in [-0.2, -0.15) is 0 Å². The van der Waals surface area contributed by atoms with Crippen LogP contribution in [0, 0.1) is 5.92 Å². The smallest absolute Gasteiger partial charge is 0.271 e. The predicted octanol–water partition coefficient (Wildman–Crippen LogP) is 1.98. The Labute approximate surface area is 123 Å². The molecule has 2 aromatic rings. The highest BCUT2D eigenvalue weighted by Gasteiger charge is 2.24. The molecule has 1 aromatic carbocycles. The van der Waals surface area contributed by atoms with E-state index >= 15 is 0 Å². The monoisotopic (exact) mass is 285 g/mol. The third-order valence-electron chi connectivity index (χ3n) is 4.01. The Kier molecular flexibility index (Phi) is 4.01. The van der Waals surface area contributed by atoms with E-state index in [1.807, 2.05) is 30.3 Å². The van der Waals surface area contributed by atoms with Gasteiger partial charge in [0.05, 0.1) is 0 Å². The van der Waals surface area contributed by atoms with Crippen LogP contribution in [0.2, 0.25) is 0 Å². The first-order valence-corrected chi connectivity index (χ1v) is 7.30. The molecule has 110 valence electrons. The van der Waals surface area contributed by atoms with Crippen LogP contribution in [0.15, 0.2) is 34.9 Å². The molecule has 3 N–H and O–H groups in total. The molecule has 0 unspecified atom stereocenters. The van der Waals surface area contributed by atoms with Crippen LogP contribution in [0.3, 0.4) is 0 Å². The van der Waals surface area contributed by atoms with Gasteiger partial charge in [0.2, 0.25) is 0 Å². The first-order chi connectivity index (χ1) is 10.3. The number of amides is 1. The number of rotatable bonds is 4. The molecule has 0 spiro atoms. The quantitative estimate of drug-likeness (QED) is 0.900. The second-order valence-electron chi connectivity index (χ2n) is 5.47. The van der Waals surface area contributed by atoms with E-state index in [1.54, 1.807) is 0 Å². The number of nitrogens with one attached hydrogen (secondary N) is 1. The van der Waals surface area contributed by atoms with Gasteiger partial charge < -0.3 is 15.6 Å². The average molecular weight is 285 g/mol. The zero-order chi connectivity index (χ0) is 14.7. The molecular formula is C16H19N3O2. The Bertz CT molecular complexity index is 616. The number of hydrogen-bond donors (Lipinski definition) is 2. The van der Waals surface area contributed by atoms with Crippen molar-refractivity contribution < 1.29 is 9.32 Å². The highest BCUT2D eigenvalue weighted by atomic mass is 16.5. The van der Waals surface area contributed by atoms with Crippen LogP contribution in [-0.2, 0) is 6.42 Å². The van der Waals surface area contributed by atoms with E-state index in [0.29, 0.717) is 11.7 Å². The van der Waals surface area contributed by atoms with Crippen molar-refractivity contribution >= 4 is 5.91 Å². The first-order valence-electron chi connectivity index (χ1n) is 7.30. The molecule has 5 nitrogen and oxygen atoms in total. The summed E-state index contributed by atoms with van der Waals surface area (Å²) in [6, 6.07) is 9.74. The maximum atomic E-state index is 11.6. The fourth-order valence-corrected chi connectivity index (χ4v) is 2.88. The van der Waals surface area contributed by atoms with Crippen molar-refractivity contribution in [1.29, 1.82) is 0 Å². The van der Waals surface area contributed by atoms with Crippen LogP contribution >= 0.6 is 0 Å². The lowest BCUT2D eigenvalue weighted by Crippen LogP contribution is -2.29. The summed E-state index contributed by atoms with van der Waals surface area (Å²) in [6.45, 7) is 2.03. The van der Waals surface area contributed by atoms with Crippen molar-refractivity contribution in [1.82, 2.24) is 10.5 Å². The Morgan fingerprint density at radius 1 is 1.29 bits per heavy atom. The molecule has 1 fully saturated rings. The van der Waals surface area contributed by atoms with E-state index in [0.717, 1.165) is 43.5 Å². The number of aromatic nitrogens is 1. The minimum Gasteiger partial charge on any atom is -0.364 e. The van der Waals surface area contributed by atoms with Gasteiger partial charge in [0, 0.05) is 11.1 Å². The Morgan fingerprint density at radius 2 is 2.00 bits per heavy atom. The van der Waals surface area contributed by atoms with Crippen molar-refractivity contribution in [2.45, 2.75) is 19.3 Å². The number of carbonyl (C=O) groups excluding carboxylic acids is 1. The Balaban J connectivity index is 1.95. The molecule has 1 aliphatic rings. The topological polar surface area (TPSA) is 81.2 Å². The molecule has 1 saturated heterocycles. The Hall–Kier alpha value is -2.14. The van der Waals surface area contributed by atoms with Gasteiger partial charge in [-0.15, -0.1) is 0 Å². The van der Waals surface area contributed by atoms with E-state index in [-0.39, 0.29) is 5.69 Å². The molecular weight excluding hydrogens is 266 g/mol. The fourth-order valence-electron chi connectivity index (χ4n) is 2.88. The summed E-state index contributed by atoms with van der Waals surface area (Å²) in [4.78, 5) is 11.6. The lowest BCUT2D eigenvalue weighted by molar-refractivity contribution is 0.0990. The maximum Gasteiger partial charge on any atom is 0.271 e. The molecule has 0 aliphatic carbocycles. The largest absolute Gasteiger partial charge is 0.364 e. The first kappa shape index (κ1) is 13.8. The van der Waals surface area contributed by atoms with Crippen LogP contribution in [0.5, 0.6) is 0 Å². The zero-order valence-corrected chi connectivity index (χ0v) is 11.8. The average Bonchev–Trinajstić information content (AvgIpc) is 2.93. The molecule has 21 heavy (non-hydrogen) atoms. The zero-order valence-electron chi connectivity index (χ0n) is 11.8. The van der Waals surface area contributed by atoms with E-state index in [1.165, 1.54) is 0 Å². The number of piperidine rings is 1. The summed E-state index contributed by atoms with van der Waals surface area (Å²) in [5, 5.41) is 7.24. The number of nitrogens with zero attached hydrogens (tertiary/aromatic N) is 1. The Morgan fingerprint density at radius 3 is 2.67 bits per heavy atom. The second-order valence-corrected chi connectivity index (χ2v) is 5.47. The van der Waals surface area contributed by atoms with Crippen molar-refractivity contribution in [3.8, 4) is 11.3 Å². The van der Waals surface area contributed by atoms with Crippen LogP contribution in [-0.4, -0.2) is 24.2 Å². The minimum absolute atomic E-state index is 0.271. The number of hydrogen-bond acceptors (Lipinski definition) is 4. The molecule has 1 aliphatic heterocycles. The van der Waals surface area contributed by atoms with Crippen LogP contribution in [0.1, 0.15) is 28.9 Å². The summed E-state index contributed by atoms with van der Waals surface area (Å²) in [6.07, 6.45) is 2.98. The van der Waals surface area contributed by atoms with Crippen LogP contribution in [0.25, 0.3) is 11.3 Å². The molecule has 3 rings (SSSR count). The molecule has 1 amide bonds. The van der Waals surface area contributed by atoms with Gasteiger partial charge in [0.1, 0.15) is 0 Å². The molecule has 0 atom stereocenters. The third-order valence-corrected chi connectivity index (χ3v) is 4.01. The molecule has 0 radical (unpaired) electrons. The van der Waals surface area contributed by atoms with Gasteiger partial charge in [-0.25, -0.2) is 0 Å². The van der Waals surface area contributed by atoms with Crippen molar-refractivity contribution in [2.75, 3.05) is 13.1 Å². The minimum atomic E-state index is -0.523. The van der Waals surface area contributed by atoms with E-state index in [4.69, 9.17) is 10.3 Å². The molecule has 5 heteroatoms. The van der Waals surface area contributed by atoms with Crippen molar-refractivity contribution in [3.63, 3.8) is 0 Å². The third kappa shape index (κ3) is 2.97. The van der Waals surface area contributed by atoms with Crippen LogP contribution in [0.4, 0.5) is 0 Å². The number of primary amides is 1. The lowest BCUT2D eigenvalue weighted by Gasteiger charge is -2.22.